The first-order valence-corrected chi connectivity index (χ1v) is 9.67. The summed E-state index contributed by atoms with van der Waals surface area (Å²) in [6, 6.07) is 7.87. The molecule has 0 aliphatic carbocycles. The van der Waals surface area contributed by atoms with Gasteiger partial charge in [-0.25, -0.2) is 14.6 Å². The molecule has 1 aromatic carbocycles. The molecule has 4 rings (SSSR count). The Morgan fingerprint density at radius 1 is 1.34 bits per heavy atom. The van der Waals surface area contributed by atoms with Crippen molar-refractivity contribution in [1.29, 1.82) is 0 Å². The fourth-order valence-corrected chi connectivity index (χ4v) is 3.64. The quantitative estimate of drug-likeness (QED) is 0.293. The van der Waals surface area contributed by atoms with Gasteiger partial charge in [-0.1, -0.05) is 5.92 Å². The molecule has 6 nitrogen and oxygen atoms in total. The van der Waals surface area contributed by atoms with Gasteiger partial charge in [0.15, 0.2) is 13.6 Å². The van der Waals surface area contributed by atoms with E-state index >= 15 is 0 Å². The zero-order chi connectivity index (χ0) is 20.2. The van der Waals surface area contributed by atoms with Gasteiger partial charge in [-0.05, 0) is 68.8 Å². The molecule has 1 atom stereocenters. The van der Waals surface area contributed by atoms with Crippen molar-refractivity contribution < 1.29 is 4.74 Å². The van der Waals surface area contributed by atoms with Crippen molar-refractivity contribution in [2.45, 2.75) is 25.9 Å². The number of benzene rings is 1. The highest BCUT2D eigenvalue weighted by Gasteiger charge is 2.26. The van der Waals surface area contributed by atoms with Crippen LogP contribution in [0.25, 0.3) is 22.3 Å². The SMILES string of the molecule is BN1CCCC1n1nc(-c2ccc(OC(/C=C\C#C)=C/C)cc2)c2cncnc21. The van der Waals surface area contributed by atoms with Crippen molar-refractivity contribution in [2.24, 2.45) is 0 Å². The van der Waals surface area contributed by atoms with Crippen LogP contribution in [0.2, 0.25) is 0 Å². The number of nitrogens with zero attached hydrogens (tertiary/aromatic N) is 5. The number of fused-ring (bicyclic) bond motifs is 1. The molecule has 7 heteroatoms. The fourth-order valence-electron chi connectivity index (χ4n) is 3.64. The van der Waals surface area contributed by atoms with E-state index in [-0.39, 0.29) is 6.17 Å². The lowest BCUT2D eigenvalue weighted by atomic mass is 10.1. The Bertz CT molecular complexity index is 1110. The lowest BCUT2D eigenvalue weighted by Gasteiger charge is -2.20. The van der Waals surface area contributed by atoms with E-state index in [1.807, 2.05) is 48.1 Å². The molecule has 0 radical (unpaired) electrons. The molecule has 3 heterocycles. The summed E-state index contributed by atoms with van der Waals surface area (Å²) < 4.78 is 7.90. The van der Waals surface area contributed by atoms with Gasteiger partial charge in [-0.3, -0.25) is 0 Å². The summed E-state index contributed by atoms with van der Waals surface area (Å²) in [7, 11) is 2.13. The summed E-state index contributed by atoms with van der Waals surface area (Å²) in [5.74, 6) is 3.90. The molecule has 144 valence electrons. The number of hydrogen-bond acceptors (Lipinski definition) is 5. The van der Waals surface area contributed by atoms with Crippen LogP contribution in [0.3, 0.4) is 0 Å². The van der Waals surface area contributed by atoms with E-state index in [0.29, 0.717) is 5.76 Å². The number of hydrogen-bond donors (Lipinski definition) is 0. The summed E-state index contributed by atoms with van der Waals surface area (Å²) in [6.45, 7) is 2.98. The van der Waals surface area contributed by atoms with Crippen LogP contribution in [0, 0.1) is 12.3 Å². The molecule has 1 aliphatic heterocycles. The van der Waals surface area contributed by atoms with Crippen molar-refractivity contribution in [3.05, 3.63) is 60.8 Å². The van der Waals surface area contributed by atoms with E-state index in [1.54, 1.807) is 18.5 Å². The van der Waals surface area contributed by atoms with Gasteiger partial charge in [-0.2, -0.15) is 5.10 Å². The summed E-state index contributed by atoms with van der Waals surface area (Å²) in [5.41, 5.74) is 2.74. The van der Waals surface area contributed by atoms with Crippen LogP contribution < -0.4 is 4.74 Å². The predicted octanol–water partition coefficient (Wildman–Crippen LogP) is 3.11. The highest BCUT2D eigenvalue weighted by Crippen LogP contribution is 2.33. The van der Waals surface area contributed by atoms with Crippen LogP contribution in [0.15, 0.2) is 60.8 Å². The maximum absolute atomic E-state index is 5.87. The van der Waals surface area contributed by atoms with E-state index in [4.69, 9.17) is 16.3 Å². The molecule has 0 amide bonds. The number of aromatic nitrogens is 4. The van der Waals surface area contributed by atoms with Crippen LogP contribution >= 0.6 is 0 Å². The van der Waals surface area contributed by atoms with Gasteiger partial charge < -0.3 is 9.55 Å². The molecule has 0 saturated carbocycles. The summed E-state index contributed by atoms with van der Waals surface area (Å²) in [6.07, 6.45) is 16.4. The second-order valence-electron chi connectivity index (χ2n) is 6.97. The van der Waals surface area contributed by atoms with Crippen molar-refractivity contribution in [3.63, 3.8) is 0 Å². The number of ether oxygens (including phenoxy) is 1. The van der Waals surface area contributed by atoms with Gasteiger partial charge in [-0.15, -0.1) is 6.42 Å². The lowest BCUT2D eigenvalue weighted by molar-refractivity contribution is 0.306. The van der Waals surface area contributed by atoms with Gasteiger partial charge in [0.2, 0.25) is 0 Å². The highest BCUT2D eigenvalue weighted by atomic mass is 16.5. The molecule has 1 aliphatic rings. The van der Waals surface area contributed by atoms with E-state index < -0.39 is 0 Å². The summed E-state index contributed by atoms with van der Waals surface area (Å²) >= 11 is 0. The number of terminal acetylenes is 1. The number of rotatable bonds is 5. The molecule has 0 spiro atoms. The third-order valence-corrected chi connectivity index (χ3v) is 5.13. The Balaban J connectivity index is 1.67. The first kappa shape index (κ1) is 19.0. The third-order valence-electron chi connectivity index (χ3n) is 5.13. The van der Waals surface area contributed by atoms with Gasteiger partial charge in [0.25, 0.3) is 0 Å². The minimum absolute atomic E-state index is 0.226. The first-order chi connectivity index (χ1) is 14.2. The third kappa shape index (κ3) is 3.80. The van der Waals surface area contributed by atoms with Crippen molar-refractivity contribution in [1.82, 2.24) is 24.6 Å². The molecule has 0 N–H and O–H groups in total. The minimum Gasteiger partial charge on any atom is -0.458 e. The van der Waals surface area contributed by atoms with E-state index in [0.717, 1.165) is 47.4 Å². The minimum atomic E-state index is 0.226. The average Bonchev–Trinajstić information content (AvgIpc) is 3.35. The smallest absolute Gasteiger partial charge is 0.188 e. The predicted molar refractivity (Wildman–Crippen MR) is 117 cm³/mol. The maximum atomic E-state index is 5.87. The first-order valence-electron chi connectivity index (χ1n) is 9.67. The van der Waals surface area contributed by atoms with E-state index in [1.165, 1.54) is 0 Å². The van der Waals surface area contributed by atoms with Gasteiger partial charge >= 0.3 is 0 Å². The summed E-state index contributed by atoms with van der Waals surface area (Å²) in [4.78, 5) is 11.0. The van der Waals surface area contributed by atoms with Crippen molar-refractivity contribution in [2.75, 3.05) is 6.54 Å². The molecule has 0 bridgehead atoms. The standard InChI is InChI=1S/C22H22BN5O/c1-3-5-7-17(4-2)29-18-11-9-16(10-12-18)21-19-14-24-15-25-22(19)28(26-21)20-8-6-13-27(20)23/h1,4-5,7,9-12,14-15,20H,6,8,13,23H2,2H3/b7-5-,17-4+. The molecular weight excluding hydrogens is 361 g/mol. The normalized spacial score (nSPS) is 17.8. The molecule has 2 aromatic heterocycles. The zero-order valence-electron chi connectivity index (χ0n) is 16.6. The second-order valence-corrected chi connectivity index (χ2v) is 6.97. The molecule has 29 heavy (non-hydrogen) atoms. The molecule has 1 unspecified atom stereocenters. The average molecular weight is 383 g/mol. The lowest BCUT2D eigenvalue weighted by Crippen LogP contribution is -2.25. The Morgan fingerprint density at radius 2 is 2.17 bits per heavy atom. The van der Waals surface area contributed by atoms with Gasteiger partial charge in [0, 0.05) is 11.8 Å². The van der Waals surface area contributed by atoms with Crippen LogP contribution in [0.4, 0.5) is 0 Å². The van der Waals surface area contributed by atoms with E-state index in [2.05, 4.69) is 28.7 Å². The molecule has 1 fully saturated rings. The Labute approximate surface area is 171 Å². The zero-order valence-corrected chi connectivity index (χ0v) is 16.6. The van der Waals surface area contributed by atoms with E-state index in [9.17, 15) is 0 Å². The van der Waals surface area contributed by atoms with Crippen LogP contribution in [0.1, 0.15) is 25.9 Å². The Morgan fingerprint density at radius 3 is 2.86 bits per heavy atom. The van der Waals surface area contributed by atoms with Crippen molar-refractivity contribution >= 4 is 19.0 Å². The number of allylic oxidation sites excluding steroid dienone is 3. The Hall–Kier alpha value is -3.37. The van der Waals surface area contributed by atoms with Gasteiger partial charge in [0.1, 0.15) is 23.5 Å². The maximum Gasteiger partial charge on any atom is 0.188 e. The van der Waals surface area contributed by atoms with Crippen LogP contribution in [-0.2, 0) is 0 Å². The van der Waals surface area contributed by atoms with Crippen LogP contribution in [-0.4, -0.2) is 39.1 Å². The topological polar surface area (TPSA) is 56.1 Å². The fraction of sp³-hybridized carbons (Fsp3) is 0.227. The largest absolute Gasteiger partial charge is 0.458 e. The monoisotopic (exact) mass is 383 g/mol. The molecule has 1 saturated heterocycles. The van der Waals surface area contributed by atoms with Gasteiger partial charge in [0.05, 0.1) is 11.6 Å². The van der Waals surface area contributed by atoms with Crippen LogP contribution in [0.5, 0.6) is 5.75 Å². The summed E-state index contributed by atoms with van der Waals surface area (Å²) in [5, 5.41) is 5.88. The highest BCUT2D eigenvalue weighted by molar-refractivity contribution is 6.04. The molecular formula is C22H22BN5O. The van der Waals surface area contributed by atoms with Crippen molar-refractivity contribution in [3.8, 4) is 29.4 Å². The second kappa shape index (κ2) is 8.33. The molecule has 3 aromatic rings. The Kier molecular flexibility index (Phi) is 5.45.